The van der Waals surface area contributed by atoms with Gasteiger partial charge >= 0.3 is 0 Å². The number of hydrogen-bond donors (Lipinski definition) is 5. The molecule has 0 bridgehead atoms. The Morgan fingerprint density at radius 1 is 1.00 bits per heavy atom. The molecule has 0 aliphatic carbocycles. The van der Waals surface area contributed by atoms with Crippen LogP contribution in [0.3, 0.4) is 0 Å². The standard InChI is InChI=1S/C29H45N5O5S/c1-19(2)16-24(33-28(38)23(31-18-35)13-15-40-4)29(39)34-25(17-21-10-6-5-7-11-21)27(37)30-14-9-8-12-22-26(36)20(3)32-22/h5-7,10-11,18-20,22-25,32H,8-9,12-17H2,1-4H3,(H,30,37)(H,31,35)(H,33,38)(H,34,39). The number of carbonyl (C=O) groups excluding carboxylic acids is 5. The van der Waals surface area contributed by atoms with Crippen LogP contribution in [0.4, 0.5) is 0 Å². The van der Waals surface area contributed by atoms with Gasteiger partial charge in [-0.15, -0.1) is 0 Å². The largest absolute Gasteiger partial charge is 0.354 e. The molecule has 4 amide bonds. The van der Waals surface area contributed by atoms with E-state index in [4.69, 9.17) is 0 Å². The fourth-order valence-electron chi connectivity index (χ4n) is 4.62. The van der Waals surface area contributed by atoms with Crippen molar-refractivity contribution in [2.24, 2.45) is 5.92 Å². The molecule has 222 valence electrons. The molecule has 1 saturated heterocycles. The van der Waals surface area contributed by atoms with Gasteiger partial charge < -0.3 is 21.3 Å². The molecule has 1 aromatic rings. The van der Waals surface area contributed by atoms with Crippen molar-refractivity contribution in [3.05, 3.63) is 35.9 Å². The minimum atomic E-state index is -0.862. The zero-order valence-electron chi connectivity index (χ0n) is 24.0. The van der Waals surface area contributed by atoms with E-state index in [0.29, 0.717) is 44.4 Å². The number of amides is 4. The number of nitrogens with one attached hydrogen (secondary N) is 5. The van der Waals surface area contributed by atoms with Crippen molar-refractivity contribution in [1.29, 1.82) is 0 Å². The maximum Gasteiger partial charge on any atom is 0.243 e. The lowest BCUT2D eigenvalue weighted by Crippen LogP contribution is -2.60. The number of rotatable bonds is 19. The normalized spacial score (nSPS) is 18.7. The van der Waals surface area contributed by atoms with E-state index in [0.717, 1.165) is 18.4 Å². The van der Waals surface area contributed by atoms with Crippen LogP contribution in [0, 0.1) is 5.92 Å². The van der Waals surface area contributed by atoms with E-state index in [1.165, 1.54) is 0 Å². The summed E-state index contributed by atoms with van der Waals surface area (Å²) in [6, 6.07) is 6.81. The molecule has 0 aromatic heterocycles. The van der Waals surface area contributed by atoms with Gasteiger partial charge in [0.1, 0.15) is 18.1 Å². The Hall–Kier alpha value is -2.92. The Bertz CT molecular complexity index is 977. The molecule has 1 aromatic carbocycles. The summed E-state index contributed by atoms with van der Waals surface area (Å²) in [4.78, 5) is 62.4. The highest BCUT2D eigenvalue weighted by Crippen LogP contribution is 2.13. The molecule has 40 heavy (non-hydrogen) atoms. The topological polar surface area (TPSA) is 146 Å². The molecule has 0 saturated carbocycles. The predicted octanol–water partition coefficient (Wildman–Crippen LogP) is 1.33. The lowest BCUT2D eigenvalue weighted by atomic mass is 9.92. The highest BCUT2D eigenvalue weighted by molar-refractivity contribution is 7.98. The van der Waals surface area contributed by atoms with Gasteiger partial charge in [0.05, 0.1) is 12.1 Å². The fourth-order valence-corrected chi connectivity index (χ4v) is 5.09. The first-order valence-corrected chi connectivity index (χ1v) is 15.5. The molecule has 0 radical (unpaired) electrons. The monoisotopic (exact) mass is 575 g/mol. The molecule has 2 rings (SSSR count). The van der Waals surface area contributed by atoms with Crippen molar-refractivity contribution in [3.8, 4) is 0 Å². The van der Waals surface area contributed by atoms with Gasteiger partial charge in [0.25, 0.3) is 0 Å². The Morgan fingerprint density at radius 2 is 1.68 bits per heavy atom. The maximum atomic E-state index is 13.4. The Kier molecular flexibility index (Phi) is 14.7. The third-order valence-corrected chi connectivity index (χ3v) is 7.54. The summed E-state index contributed by atoms with van der Waals surface area (Å²) in [6.07, 6.45) is 5.74. The summed E-state index contributed by atoms with van der Waals surface area (Å²) in [5.74, 6) is -0.183. The average Bonchev–Trinajstić information content (AvgIpc) is 2.93. The maximum absolute atomic E-state index is 13.4. The van der Waals surface area contributed by atoms with Crippen LogP contribution >= 0.6 is 11.8 Å². The lowest BCUT2D eigenvalue weighted by molar-refractivity contribution is -0.133. The van der Waals surface area contributed by atoms with E-state index in [1.54, 1.807) is 11.8 Å². The van der Waals surface area contributed by atoms with Crippen LogP contribution in [0.2, 0.25) is 0 Å². The molecule has 1 aliphatic rings. The van der Waals surface area contributed by atoms with Gasteiger partial charge in [0.2, 0.25) is 24.1 Å². The number of hydrogen-bond acceptors (Lipinski definition) is 7. The van der Waals surface area contributed by atoms with E-state index < -0.39 is 29.9 Å². The molecular formula is C29H45N5O5S. The molecule has 5 atom stereocenters. The molecule has 0 spiro atoms. The second-order valence-corrected chi connectivity index (χ2v) is 11.7. The number of unbranched alkanes of at least 4 members (excludes halogenated alkanes) is 1. The van der Waals surface area contributed by atoms with Gasteiger partial charge in [-0.1, -0.05) is 44.2 Å². The minimum absolute atomic E-state index is 0.0705. The molecule has 1 aliphatic heterocycles. The SMILES string of the molecule is CSCCC(NC=O)C(=O)NC(CC(C)C)C(=O)NC(Cc1ccccc1)C(=O)NCCCCC1NC(C)C1=O. The van der Waals surface area contributed by atoms with Crippen LogP contribution in [-0.2, 0) is 30.4 Å². The Labute approximate surface area is 241 Å². The van der Waals surface area contributed by atoms with Crippen molar-refractivity contribution in [2.75, 3.05) is 18.6 Å². The first kappa shape index (κ1) is 33.3. The van der Waals surface area contributed by atoms with E-state index in [9.17, 15) is 24.0 Å². The predicted molar refractivity (Wildman–Crippen MR) is 158 cm³/mol. The second-order valence-electron chi connectivity index (χ2n) is 10.7. The average molecular weight is 576 g/mol. The summed E-state index contributed by atoms with van der Waals surface area (Å²) in [5, 5.41) is 14.3. The molecular weight excluding hydrogens is 530 g/mol. The highest BCUT2D eigenvalue weighted by atomic mass is 32.2. The smallest absolute Gasteiger partial charge is 0.243 e. The molecule has 5 unspecified atom stereocenters. The number of benzene rings is 1. The van der Waals surface area contributed by atoms with Gasteiger partial charge in [0.15, 0.2) is 5.78 Å². The van der Waals surface area contributed by atoms with Gasteiger partial charge in [-0.05, 0) is 62.5 Å². The summed E-state index contributed by atoms with van der Waals surface area (Å²) in [5.41, 5.74) is 0.892. The zero-order valence-corrected chi connectivity index (χ0v) is 24.9. The quantitative estimate of drug-likeness (QED) is 0.124. The number of carbonyl (C=O) groups is 5. The van der Waals surface area contributed by atoms with Crippen LogP contribution in [0.1, 0.15) is 58.4 Å². The minimum Gasteiger partial charge on any atom is -0.354 e. The van der Waals surface area contributed by atoms with Crippen molar-refractivity contribution < 1.29 is 24.0 Å². The first-order valence-electron chi connectivity index (χ1n) is 14.1. The molecule has 10 nitrogen and oxygen atoms in total. The van der Waals surface area contributed by atoms with Gasteiger partial charge in [-0.3, -0.25) is 29.3 Å². The van der Waals surface area contributed by atoms with E-state index in [-0.39, 0.29) is 29.7 Å². The van der Waals surface area contributed by atoms with E-state index in [2.05, 4.69) is 26.6 Å². The van der Waals surface area contributed by atoms with Crippen LogP contribution in [0.5, 0.6) is 0 Å². The lowest BCUT2D eigenvalue weighted by Gasteiger charge is -2.32. The van der Waals surface area contributed by atoms with E-state index in [1.807, 2.05) is 57.4 Å². The summed E-state index contributed by atoms with van der Waals surface area (Å²) in [6.45, 7) is 6.17. The summed E-state index contributed by atoms with van der Waals surface area (Å²) >= 11 is 1.56. The zero-order chi connectivity index (χ0) is 29.5. The van der Waals surface area contributed by atoms with Crippen molar-refractivity contribution in [2.45, 2.75) is 89.5 Å². The van der Waals surface area contributed by atoms with Crippen LogP contribution < -0.4 is 26.6 Å². The van der Waals surface area contributed by atoms with E-state index >= 15 is 0 Å². The first-order chi connectivity index (χ1) is 19.2. The van der Waals surface area contributed by atoms with Crippen LogP contribution in [0.25, 0.3) is 0 Å². The highest BCUT2D eigenvalue weighted by Gasteiger charge is 2.34. The number of ketones is 1. The summed E-state index contributed by atoms with van der Waals surface area (Å²) < 4.78 is 0. The Balaban J connectivity index is 2.03. The Morgan fingerprint density at radius 3 is 2.27 bits per heavy atom. The summed E-state index contributed by atoms with van der Waals surface area (Å²) in [7, 11) is 0. The third kappa shape index (κ3) is 11.3. The van der Waals surface area contributed by atoms with Gasteiger partial charge in [-0.2, -0.15) is 11.8 Å². The molecule has 5 N–H and O–H groups in total. The van der Waals surface area contributed by atoms with Crippen molar-refractivity contribution in [3.63, 3.8) is 0 Å². The van der Waals surface area contributed by atoms with Crippen molar-refractivity contribution >= 4 is 41.7 Å². The van der Waals surface area contributed by atoms with Crippen LogP contribution in [-0.4, -0.2) is 78.7 Å². The molecule has 11 heteroatoms. The third-order valence-electron chi connectivity index (χ3n) is 6.89. The van der Waals surface area contributed by atoms with Gasteiger partial charge in [-0.25, -0.2) is 0 Å². The molecule has 1 heterocycles. The fraction of sp³-hybridized carbons (Fsp3) is 0.621. The number of thioether (sulfide) groups is 1. The van der Waals surface area contributed by atoms with Gasteiger partial charge in [0, 0.05) is 13.0 Å². The second kappa shape index (κ2) is 17.7. The molecule has 1 fully saturated rings. The van der Waals surface area contributed by atoms with Crippen LogP contribution in [0.15, 0.2) is 30.3 Å². The van der Waals surface area contributed by atoms with Crippen molar-refractivity contribution in [1.82, 2.24) is 26.6 Å². The number of Topliss-reactive ketones (excluding diaryl/α,β-unsaturated/α-hetero) is 1.